The molecule has 0 bridgehead atoms. The number of aromatic nitrogens is 2. The van der Waals surface area contributed by atoms with Crippen LogP contribution < -0.4 is 16.4 Å². The van der Waals surface area contributed by atoms with Gasteiger partial charge in [0.2, 0.25) is 5.91 Å². The Kier molecular flexibility index (Phi) is 8.58. The number of pyridine rings is 2. The van der Waals surface area contributed by atoms with Crippen LogP contribution in [0.15, 0.2) is 61.1 Å². The second-order valence-corrected chi connectivity index (χ2v) is 10.7. The molecule has 4 heterocycles. The van der Waals surface area contributed by atoms with Gasteiger partial charge < -0.3 is 21.3 Å². The number of nitrogen functional groups attached to an aromatic ring is 1. The Morgan fingerprint density at radius 3 is 2.38 bits per heavy atom. The van der Waals surface area contributed by atoms with E-state index in [4.69, 9.17) is 17.3 Å². The Hall–Kier alpha value is -3.69. The zero-order valence-electron chi connectivity index (χ0n) is 21.9. The molecule has 0 saturated carbocycles. The fourth-order valence-corrected chi connectivity index (χ4v) is 5.53. The highest BCUT2D eigenvalue weighted by atomic mass is 35.5. The minimum atomic E-state index is -0.223. The standard InChI is InChI=1S/C29H34ClN7O2/c30-23-1-2-25(26(18-23)35-28(38)21-4-10-32-11-5-21)34-24-8-15-37(16-9-24)29(39)22-6-13-36(14-7-22)19-20-3-12-33-27(31)17-20/h1-5,10-12,17-18,22,24,34H,6-9,13-16,19H2,(H2,31,33)(H,35,38). The fourth-order valence-electron chi connectivity index (χ4n) is 5.35. The predicted molar refractivity (Wildman–Crippen MR) is 154 cm³/mol. The number of nitrogens with two attached hydrogens (primary N) is 1. The number of halogens is 1. The van der Waals surface area contributed by atoms with Gasteiger partial charge in [0.15, 0.2) is 0 Å². The smallest absolute Gasteiger partial charge is 0.255 e. The third kappa shape index (κ3) is 7.04. The number of rotatable bonds is 7. The summed E-state index contributed by atoms with van der Waals surface area (Å²) in [6.07, 6.45) is 8.36. The first-order valence-corrected chi connectivity index (χ1v) is 13.8. The van der Waals surface area contributed by atoms with Gasteiger partial charge in [0.1, 0.15) is 5.82 Å². The van der Waals surface area contributed by atoms with Crippen molar-refractivity contribution in [3.05, 3.63) is 77.2 Å². The maximum atomic E-state index is 13.3. The van der Waals surface area contributed by atoms with E-state index in [-0.39, 0.29) is 23.8 Å². The summed E-state index contributed by atoms with van der Waals surface area (Å²) in [5.74, 6) is 0.675. The summed E-state index contributed by atoms with van der Waals surface area (Å²) in [4.78, 5) is 38.4. The van der Waals surface area contributed by atoms with E-state index in [0.717, 1.165) is 69.7 Å². The number of benzene rings is 1. The molecule has 5 rings (SSSR count). The van der Waals surface area contributed by atoms with Gasteiger partial charge in [-0.2, -0.15) is 0 Å². The first-order chi connectivity index (χ1) is 18.9. The van der Waals surface area contributed by atoms with Gasteiger partial charge in [-0.15, -0.1) is 0 Å². The van der Waals surface area contributed by atoms with Crippen LogP contribution in [0.3, 0.4) is 0 Å². The number of anilines is 3. The van der Waals surface area contributed by atoms with Crippen molar-refractivity contribution in [2.75, 3.05) is 42.5 Å². The summed E-state index contributed by atoms with van der Waals surface area (Å²) in [6.45, 7) is 4.08. The summed E-state index contributed by atoms with van der Waals surface area (Å²) in [5.41, 5.74) is 8.93. The van der Waals surface area contributed by atoms with Crippen molar-refractivity contribution in [2.24, 2.45) is 5.92 Å². The van der Waals surface area contributed by atoms with Crippen molar-refractivity contribution in [3.8, 4) is 0 Å². The van der Waals surface area contributed by atoms with Gasteiger partial charge in [-0.05, 0) is 86.8 Å². The monoisotopic (exact) mass is 547 g/mol. The average Bonchev–Trinajstić information content (AvgIpc) is 2.95. The van der Waals surface area contributed by atoms with E-state index in [0.29, 0.717) is 22.1 Å². The van der Waals surface area contributed by atoms with Gasteiger partial charge in [0, 0.05) is 60.8 Å². The number of nitrogens with zero attached hydrogens (tertiary/aromatic N) is 4. The minimum absolute atomic E-state index is 0.0829. The summed E-state index contributed by atoms with van der Waals surface area (Å²) in [6, 6.07) is 12.9. The molecule has 0 unspecified atom stereocenters. The molecular formula is C29H34ClN7O2. The van der Waals surface area contributed by atoms with Gasteiger partial charge in [0.05, 0.1) is 11.4 Å². The van der Waals surface area contributed by atoms with E-state index in [2.05, 4.69) is 25.5 Å². The number of hydrogen-bond donors (Lipinski definition) is 3. The van der Waals surface area contributed by atoms with Gasteiger partial charge in [-0.25, -0.2) is 4.98 Å². The second-order valence-electron chi connectivity index (χ2n) is 10.3. The Balaban J connectivity index is 1.11. The molecule has 0 atom stereocenters. The van der Waals surface area contributed by atoms with Gasteiger partial charge >= 0.3 is 0 Å². The first kappa shape index (κ1) is 26.9. The van der Waals surface area contributed by atoms with Gasteiger partial charge in [-0.3, -0.25) is 19.5 Å². The Morgan fingerprint density at radius 1 is 0.923 bits per heavy atom. The fraction of sp³-hybridized carbons (Fsp3) is 0.379. The number of carbonyl (C=O) groups is 2. The number of nitrogens with one attached hydrogen (secondary N) is 2. The van der Waals surface area contributed by atoms with Crippen LogP contribution >= 0.6 is 11.6 Å². The molecule has 0 aliphatic carbocycles. The van der Waals surface area contributed by atoms with Crippen LogP contribution in [-0.2, 0) is 11.3 Å². The highest BCUT2D eigenvalue weighted by Gasteiger charge is 2.31. The van der Waals surface area contributed by atoms with Crippen molar-refractivity contribution in [1.82, 2.24) is 19.8 Å². The van der Waals surface area contributed by atoms with E-state index in [1.807, 2.05) is 23.1 Å². The zero-order chi connectivity index (χ0) is 27.2. The summed E-state index contributed by atoms with van der Waals surface area (Å²) < 4.78 is 0. The third-order valence-corrected chi connectivity index (χ3v) is 7.76. The molecular weight excluding hydrogens is 514 g/mol. The number of amides is 2. The van der Waals surface area contributed by atoms with Crippen molar-refractivity contribution in [3.63, 3.8) is 0 Å². The van der Waals surface area contributed by atoms with E-state index in [9.17, 15) is 9.59 Å². The molecule has 2 aliphatic heterocycles. The van der Waals surface area contributed by atoms with Crippen molar-refractivity contribution in [1.29, 1.82) is 0 Å². The van der Waals surface area contributed by atoms with E-state index in [1.165, 1.54) is 0 Å². The Bertz CT molecular complexity index is 1290. The second kappa shape index (κ2) is 12.4. The lowest BCUT2D eigenvalue weighted by Crippen LogP contribution is -2.47. The van der Waals surface area contributed by atoms with Crippen molar-refractivity contribution < 1.29 is 9.59 Å². The zero-order valence-corrected chi connectivity index (χ0v) is 22.6. The van der Waals surface area contributed by atoms with Crippen LogP contribution in [0.4, 0.5) is 17.2 Å². The largest absolute Gasteiger partial charge is 0.384 e. The predicted octanol–water partition coefficient (Wildman–Crippen LogP) is 4.28. The van der Waals surface area contributed by atoms with Crippen LogP contribution in [0.2, 0.25) is 5.02 Å². The molecule has 204 valence electrons. The highest BCUT2D eigenvalue weighted by Crippen LogP contribution is 2.29. The molecule has 0 spiro atoms. The summed E-state index contributed by atoms with van der Waals surface area (Å²) in [5, 5.41) is 7.06. The summed E-state index contributed by atoms with van der Waals surface area (Å²) >= 11 is 6.23. The average molecular weight is 548 g/mol. The molecule has 3 aromatic rings. The lowest BCUT2D eigenvalue weighted by atomic mass is 9.93. The quantitative estimate of drug-likeness (QED) is 0.404. The Morgan fingerprint density at radius 2 is 1.67 bits per heavy atom. The molecule has 2 saturated heterocycles. The van der Waals surface area contributed by atoms with Gasteiger partial charge in [-0.1, -0.05) is 11.6 Å². The molecule has 2 amide bonds. The summed E-state index contributed by atoms with van der Waals surface area (Å²) in [7, 11) is 0. The van der Waals surface area contributed by atoms with Crippen LogP contribution in [0.25, 0.3) is 0 Å². The van der Waals surface area contributed by atoms with E-state index < -0.39 is 0 Å². The molecule has 2 aromatic heterocycles. The highest BCUT2D eigenvalue weighted by molar-refractivity contribution is 6.31. The molecule has 0 radical (unpaired) electrons. The first-order valence-electron chi connectivity index (χ1n) is 13.4. The topological polar surface area (TPSA) is 116 Å². The lowest BCUT2D eigenvalue weighted by molar-refractivity contribution is -0.138. The number of carbonyl (C=O) groups excluding carboxylic acids is 2. The normalized spacial score (nSPS) is 17.1. The van der Waals surface area contributed by atoms with Crippen LogP contribution in [0.1, 0.15) is 41.6 Å². The van der Waals surface area contributed by atoms with Crippen LogP contribution in [-0.4, -0.2) is 63.8 Å². The number of hydrogen-bond acceptors (Lipinski definition) is 7. The van der Waals surface area contributed by atoms with E-state index in [1.54, 1.807) is 42.9 Å². The lowest BCUT2D eigenvalue weighted by Gasteiger charge is -2.37. The number of piperidine rings is 2. The van der Waals surface area contributed by atoms with E-state index >= 15 is 0 Å². The Labute approximate surface area is 233 Å². The minimum Gasteiger partial charge on any atom is -0.384 e. The molecule has 39 heavy (non-hydrogen) atoms. The van der Waals surface area contributed by atoms with Crippen molar-refractivity contribution in [2.45, 2.75) is 38.3 Å². The SMILES string of the molecule is Nc1cc(CN2CCC(C(=O)N3CCC(Nc4ccc(Cl)cc4NC(=O)c4ccncc4)CC3)CC2)ccn1. The molecule has 2 fully saturated rings. The number of likely N-dealkylation sites (tertiary alicyclic amines) is 2. The molecule has 1 aromatic carbocycles. The molecule has 9 nitrogen and oxygen atoms in total. The molecule has 10 heteroatoms. The van der Waals surface area contributed by atoms with Crippen LogP contribution in [0.5, 0.6) is 0 Å². The third-order valence-electron chi connectivity index (χ3n) is 7.53. The van der Waals surface area contributed by atoms with Crippen LogP contribution in [0, 0.1) is 5.92 Å². The van der Waals surface area contributed by atoms with Gasteiger partial charge in [0.25, 0.3) is 5.91 Å². The van der Waals surface area contributed by atoms with Crippen molar-refractivity contribution >= 4 is 40.6 Å². The maximum Gasteiger partial charge on any atom is 0.255 e. The maximum absolute atomic E-state index is 13.3. The molecule has 2 aliphatic rings. The molecule has 4 N–H and O–H groups in total.